The number of rotatable bonds is 6. The zero-order valence-electron chi connectivity index (χ0n) is 11.9. The SMILES string of the molecule is CC(C)Oc1cncc(C(=O)CSc2ccc(Br)cc2)c1. The Hall–Kier alpha value is -1.33. The number of aromatic nitrogens is 1. The topological polar surface area (TPSA) is 39.2 Å². The molecule has 3 nitrogen and oxygen atoms in total. The fourth-order valence-corrected chi connectivity index (χ4v) is 2.73. The number of ketones is 1. The number of ether oxygens (including phenoxy) is 1. The predicted molar refractivity (Wildman–Crippen MR) is 89.2 cm³/mol. The van der Waals surface area contributed by atoms with Crippen molar-refractivity contribution in [2.24, 2.45) is 0 Å². The standard InChI is InChI=1S/C16H16BrNO2S/c1-11(2)20-14-7-12(8-18-9-14)16(19)10-21-15-5-3-13(17)4-6-15/h3-9,11H,10H2,1-2H3. The second kappa shape index (κ2) is 7.61. The first-order valence-electron chi connectivity index (χ1n) is 6.58. The van der Waals surface area contributed by atoms with Gasteiger partial charge in [0.25, 0.3) is 0 Å². The van der Waals surface area contributed by atoms with Crippen molar-refractivity contribution < 1.29 is 9.53 Å². The molecule has 0 amide bonds. The fourth-order valence-electron chi connectivity index (χ4n) is 1.67. The Bertz CT molecular complexity index is 614. The van der Waals surface area contributed by atoms with Crippen molar-refractivity contribution in [1.82, 2.24) is 4.98 Å². The highest BCUT2D eigenvalue weighted by Gasteiger charge is 2.09. The second-order valence-corrected chi connectivity index (χ2v) is 6.71. The van der Waals surface area contributed by atoms with E-state index in [4.69, 9.17) is 4.74 Å². The Labute approximate surface area is 137 Å². The molecule has 0 radical (unpaired) electrons. The number of pyridine rings is 1. The van der Waals surface area contributed by atoms with Gasteiger partial charge < -0.3 is 4.74 Å². The zero-order valence-corrected chi connectivity index (χ0v) is 14.3. The van der Waals surface area contributed by atoms with Gasteiger partial charge in [0.05, 0.1) is 18.1 Å². The summed E-state index contributed by atoms with van der Waals surface area (Å²) in [6, 6.07) is 9.64. The molecule has 110 valence electrons. The highest BCUT2D eigenvalue weighted by atomic mass is 79.9. The van der Waals surface area contributed by atoms with Gasteiger partial charge >= 0.3 is 0 Å². The van der Waals surface area contributed by atoms with Crippen molar-refractivity contribution in [3.05, 3.63) is 52.8 Å². The lowest BCUT2D eigenvalue weighted by Gasteiger charge is -2.09. The van der Waals surface area contributed by atoms with Crippen LogP contribution in [0.25, 0.3) is 0 Å². The van der Waals surface area contributed by atoms with Crippen LogP contribution in [0.15, 0.2) is 52.1 Å². The third-order valence-electron chi connectivity index (χ3n) is 2.59. The van der Waals surface area contributed by atoms with E-state index in [1.54, 1.807) is 18.5 Å². The molecule has 0 aliphatic carbocycles. The molecule has 1 heterocycles. The quantitative estimate of drug-likeness (QED) is 0.553. The van der Waals surface area contributed by atoms with Crippen LogP contribution in [0, 0.1) is 0 Å². The molecule has 0 aliphatic heterocycles. The van der Waals surface area contributed by atoms with Crippen molar-refractivity contribution in [3.8, 4) is 5.75 Å². The summed E-state index contributed by atoms with van der Waals surface area (Å²) in [5.41, 5.74) is 0.581. The van der Waals surface area contributed by atoms with Crippen molar-refractivity contribution in [3.63, 3.8) is 0 Å². The maximum atomic E-state index is 12.2. The molecular weight excluding hydrogens is 350 g/mol. The number of hydrogen-bond donors (Lipinski definition) is 0. The van der Waals surface area contributed by atoms with Crippen LogP contribution in [-0.2, 0) is 0 Å². The van der Waals surface area contributed by atoms with Gasteiger partial charge in [0.1, 0.15) is 5.75 Å². The number of benzene rings is 1. The summed E-state index contributed by atoms with van der Waals surface area (Å²) in [5, 5.41) is 0. The first-order chi connectivity index (χ1) is 10.0. The molecule has 2 aromatic rings. The van der Waals surface area contributed by atoms with Crippen LogP contribution in [0.5, 0.6) is 5.75 Å². The highest BCUT2D eigenvalue weighted by molar-refractivity contribution is 9.10. The molecule has 1 aromatic carbocycles. The lowest BCUT2D eigenvalue weighted by atomic mass is 10.2. The van der Waals surface area contributed by atoms with E-state index in [1.807, 2.05) is 38.1 Å². The normalized spacial score (nSPS) is 10.7. The molecule has 0 bridgehead atoms. The zero-order chi connectivity index (χ0) is 15.2. The van der Waals surface area contributed by atoms with Crippen LogP contribution in [0.2, 0.25) is 0 Å². The van der Waals surface area contributed by atoms with Gasteiger partial charge in [-0.3, -0.25) is 9.78 Å². The van der Waals surface area contributed by atoms with Crippen molar-refractivity contribution in [2.45, 2.75) is 24.8 Å². The number of Topliss-reactive ketones (excluding diaryl/α,β-unsaturated/α-hetero) is 1. The highest BCUT2D eigenvalue weighted by Crippen LogP contribution is 2.22. The van der Waals surface area contributed by atoms with Gasteiger partial charge in [0, 0.05) is 21.1 Å². The fraction of sp³-hybridized carbons (Fsp3) is 0.250. The van der Waals surface area contributed by atoms with Gasteiger partial charge in [-0.1, -0.05) is 15.9 Å². The lowest BCUT2D eigenvalue weighted by molar-refractivity contribution is 0.102. The Kier molecular flexibility index (Phi) is 5.82. The molecule has 0 unspecified atom stereocenters. The summed E-state index contributed by atoms with van der Waals surface area (Å²) in [5.74, 6) is 1.06. The molecule has 5 heteroatoms. The molecule has 1 aromatic heterocycles. The van der Waals surface area contributed by atoms with E-state index in [0.29, 0.717) is 17.1 Å². The van der Waals surface area contributed by atoms with Gasteiger partial charge in [-0.05, 0) is 44.2 Å². The predicted octanol–water partition coefficient (Wildman–Crippen LogP) is 4.61. The first-order valence-corrected chi connectivity index (χ1v) is 8.36. The van der Waals surface area contributed by atoms with Gasteiger partial charge in [0.15, 0.2) is 5.78 Å². The minimum atomic E-state index is 0.0459. The molecule has 0 atom stereocenters. The van der Waals surface area contributed by atoms with E-state index < -0.39 is 0 Å². The number of halogens is 1. The Morgan fingerprint density at radius 2 is 2.00 bits per heavy atom. The second-order valence-electron chi connectivity index (χ2n) is 4.74. The third kappa shape index (κ3) is 5.17. The molecule has 0 N–H and O–H groups in total. The Balaban J connectivity index is 1.98. The average molecular weight is 366 g/mol. The summed E-state index contributed by atoms with van der Waals surface area (Å²) >= 11 is 4.90. The Morgan fingerprint density at radius 3 is 2.67 bits per heavy atom. The summed E-state index contributed by atoms with van der Waals surface area (Å²) in [6.45, 7) is 3.88. The van der Waals surface area contributed by atoms with E-state index in [1.165, 1.54) is 11.8 Å². The van der Waals surface area contributed by atoms with Crippen LogP contribution >= 0.6 is 27.7 Å². The van der Waals surface area contributed by atoms with Crippen LogP contribution < -0.4 is 4.74 Å². The smallest absolute Gasteiger partial charge is 0.174 e. The van der Waals surface area contributed by atoms with Crippen molar-refractivity contribution in [2.75, 3.05) is 5.75 Å². The van der Waals surface area contributed by atoms with Crippen LogP contribution in [0.3, 0.4) is 0 Å². The molecule has 2 rings (SSSR count). The van der Waals surface area contributed by atoms with Gasteiger partial charge in [-0.15, -0.1) is 11.8 Å². The number of carbonyl (C=O) groups excluding carboxylic acids is 1. The van der Waals surface area contributed by atoms with E-state index in [0.717, 1.165) is 9.37 Å². The number of hydrogen-bond acceptors (Lipinski definition) is 4. The van der Waals surface area contributed by atoms with Gasteiger partial charge in [0.2, 0.25) is 0 Å². The maximum absolute atomic E-state index is 12.2. The number of carbonyl (C=O) groups is 1. The average Bonchev–Trinajstić information content (AvgIpc) is 2.46. The third-order valence-corrected chi connectivity index (χ3v) is 4.13. The summed E-state index contributed by atoms with van der Waals surface area (Å²) in [6.07, 6.45) is 3.27. The minimum Gasteiger partial charge on any atom is -0.489 e. The summed E-state index contributed by atoms with van der Waals surface area (Å²) in [7, 11) is 0. The van der Waals surface area contributed by atoms with Crippen molar-refractivity contribution in [1.29, 1.82) is 0 Å². The summed E-state index contributed by atoms with van der Waals surface area (Å²) < 4.78 is 6.58. The minimum absolute atomic E-state index is 0.0459. The maximum Gasteiger partial charge on any atom is 0.174 e. The van der Waals surface area contributed by atoms with Crippen LogP contribution in [-0.4, -0.2) is 22.6 Å². The number of nitrogens with zero attached hydrogens (tertiary/aromatic N) is 1. The van der Waals surface area contributed by atoms with E-state index in [-0.39, 0.29) is 11.9 Å². The largest absolute Gasteiger partial charge is 0.489 e. The van der Waals surface area contributed by atoms with Crippen LogP contribution in [0.1, 0.15) is 24.2 Å². The lowest BCUT2D eigenvalue weighted by Crippen LogP contribution is -2.08. The van der Waals surface area contributed by atoms with Gasteiger partial charge in [-0.2, -0.15) is 0 Å². The molecule has 21 heavy (non-hydrogen) atoms. The molecule has 0 spiro atoms. The molecule has 0 saturated carbocycles. The summed E-state index contributed by atoms with van der Waals surface area (Å²) in [4.78, 5) is 17.3. The molecule has 0 saturated heterocycles. The molecule has 0 aliphatic rings. The molecule has 0 fully saturated rings. The van der Waals surface area contributed by atoms with E-state index in [2.05, 4.69) is 20.9 Å². The van der Waals surface area contributed by atoms with E-state index >= 15 is 0 Å². The Morgan fingerprint density at radius 1 is 1.29 bits per heavy atom. The van der Waals surface area contributed by atoms with E-state index in [9.17, 15) is 4.79 Å². The van der Waals surface area contributed by atoms with Gasteiger partial charge in [-0.25, -0.2) is 0 Å². The van der Waals surface area contributed by atoms with Crippen molar-refractivity contribution >= 4 is 33.5 Å². The number of thioether (sulfide) groups is 1. The molecular formula is C16H16BrNO2S. The van der Waals surface area contributed by atoms with Crippen LogP contribution in [0.4, 0.5) is 0 Å². The first kappa shape index (κ1) is 16.0. The monoisotopic (exact) mass is 365 g/mol.